The fourth-order valence-electron chi connectivity index (χ4n) is 3.86. The SMILES string of the molecule is CCC(C)OC(=O)/C(C)=C/C1C(C(=O)OC(C#N)c2cccc(Oc3ccccc3)c2)C1(C)C. The first-order valence-corrected chi connectivity index (χ1v) is 11.5. The van der Waals surface area contributed by atoms with Gasteiger partial charge in [0.2, 0.25) is 6.10 Å². The molecular weight excluding hydrogens is 430 g/mol. The monoisotopic (exact) mass is 461 g/mol. The second-order valence-corrected chi connectivity index (χ2v) is 9.23. The minimum absolute atomic E-state index is 0.165. The minimum Gasteiger partial charge on any atom is -0.459 e. The van der Waals surface area contributed by atoms with Gasteiger partial charge in [-0.25, -0.2) is 4.79 Å². The minimum atomic E-state index is -1.07. The molecule has 178 valence electrons. The van der Waals surface area contributed by atoms with Crippen LogP contribution >= 0.6 is 0 Å². The average molecular weight is 462 g/mol. The standard InChI is InChI=1S/C28H31NO5/c1-6-19(3)32-26(30)18(2)15-23-25(28(23,4)5)27(31)34-24(17-29)20-11-10-14-22(16-20)33-21-12-8-7-9-13-21/h7-16,19,23-25H,6H2,1-5H3/b18-15+. The lowest BCUT2D eigenvalue weighted by molar-refractivity contribution is -0.149. The Kier molecular flexibility index (Phi) is 7.78. The predicted molar refractivity (Wildman–Crippen MR) is 128 cm³/mol. The van der Waals surface area contributed by atoms with Crippen LogP contribution in [0.25, 0.3) is 0 Å². The van der Waals surface area contributed by atoms with Gasteiger partial charge in [-0.15, -0.1) is 0 Å². The van der Waals surface area contributed by atoms with E-state index in [1.54, 1.807) is 37.3 Å². The van der Waals surface area contributed by atoms with Crippen LogP contribution in [0.3, 0.4) is 0 Å². The fourth-order valence-corrected chi connectivity index (χ4v) is 3.86. The highest BCUT2D eigenvalue weighted by atomic mass is 16.5. The van der Waals surface area contributed by atoms with Crippen LogP contribution in [0.4, 0.5) is 0 Å². The van der Waals surface area contributed by atoms with E-state index in [2.05, 4.69) is 6.07 Å². The van der Waals surface area contributed by atoms with Crippen molar-refractivity contribution < 1.29 is 23.8 Å². The molecule has 34 heavy (non-hydrogen) atoms. The van der Waals surface area contributed by atoms with Crippen LogP contribution in [0, 0.1) is 28.6 Å². The lowest BCUT2D eigenvalue weighted by atomic mass is 10.1. The quantitative estimate of drug-likeness (QED) is 0.329. The molecule has 0 aliphatic heterocycles. The van der Waals surface area contributed by atoms with Crippen molar-refractivity contribution >= 4 is 11.9 Å². The molecule has 6 heteroatoms. The van der Waals surface area contributed by atoms with Crippen molar-refractivity contribution in [2.75, 3.05) is 0 Å². The summed E-state index contributed by atoms with van der Waals surface area (Å²) < 4.78 is 16.8. The van der Waals surface area contributed by atoms with Gasteiger partial charge in [-0.2, -0.15) is 5.26 Å². The van der Waals surface area contributed by atoms with Gasteiger partial charge in [-0.3, -0.25) is 4.79 Å². The molecule has 0 N–H and O–H groups in total. The molecular formula is C28H31NO5. The Bertz CT molecular complexity index is 1100. The maximum atomic E-state index is 13.0. The van der Waals surface area contributed by atoms with Crippen LogP contribution < -0.4 is 4.74 Å². The fraction of sp³-hybridized carbons (Fsp3) is 0.393. The zero-order chi connectivity index (χ0) is 24.9. The predicted octanol–water partition coefficient (Wildman–Crippen LogP) is 6.15. The normalized spacial score (nSPS) is 20.4. The third-order valence-electron chi connectivity index (χ3n) is 6.29. The summed E-state index contributed by atoms with van der Waals surface area (Å²) in [5, 5.41) is 9.69. The third kappa shape index (κ3) is 5.85. The number of hydrogen-bond donors (Lipinski definition) is 0. The molecule has 1 fully saturated rings. The van der Waals surface area contributed by atoms with Crippen LogP contribution in [-0.2, 0) is 19.1 Å². The molecule has 0 aromatic heterocycles. The number of esters is 2. The Balaban J connectivity index is 1.68. The van der Waals surface area contributed by atoms with E-state index >= 15 is 0 Å². The second-order valence-electron chi connectivity index (χ2n) is 9.23. The van der Waals surface area contributed by atoms with Gasteiger partial charge in [0.05, 0.1) is 12.0 Å². The van der Waals surface area contributed by atoms with Crippen LogP contribution in [-0.4, -0.2) is 18.0 Å². The van der Waals surface area contributed by atoms with E-state index in [1.807, 2.05) is 58.0 Å². The first-order chi connectivity index (χ1) is 16.2. The van der Waals surface area contributed by atoms with E-state index in [-0.39, 0.29) is 23.4 Å². The van der Waals surface area contributed by atoms with Crippen LogP contribution in [0.2, 0.25) is 0 Å². The molecule has 2 aromatic rings. The average Bonchev–Trinajstić information content (AvgIpc) is 3.37. The Hall–Kier alpha value is -3.59. The third-order valence-corrected chi connectivity index (χ3v) is 6.29. The second kappa shape index (κ2) is 10.6. The molecule has 2 aromatic carbocycles. The Morgan fingerprint density at radius 2 is 1.76 bits per heavy atom. The first-order valence-electron chi connectivity index (χ1n) is 11.5. The summed E-state index contributed by atoms with van der Waals surface area (Å²) in [6.07, 6.45) is 1.29. The number of ether oxygens (including phenoxy) is 3. The van der Waals surface area contributed by atoms with Gasteiger partial charge in [-0.05, 0) is 55.9 Å². The van der Waals surface area contributed by atoms with E-state index in [1.165, 1.54) is 0 Å². The van der Waals surface area contributed by atoms with Gasteiger partial charge >= 0.3 is 11.9 Å². The summed E-state index contributed by atoms with van der Waals surface area (Å²) in [6.45, 7) is 9.38. The van der Waals surface area contributed by atoms with Gasteiger partial charge in [0.15, 0.2) is 0 Å². The highest BCUT2D eigenvalue weighted by Crippen LogP contribution is 2.60. The van der Waals surface area contributed by atoms with E-state index in [4.69, 9.17) is 14.2 Å². The molecule has 0 amide bonds. The number of allylic oxidation sites excluding steroid dienone is 1. The van der Waals surface area contributed by atoms with E-state index < -0.39 is 18.0 Å². The molecule has 0 radical (unpaired) electrons. The number of carbonyl (C=O) groups is 2. The number of nitrogens with zero attached hydrogens (tertiary/aromatic N) is 1. The van der Waals surface area contributed by atoms with E-state index in [0.29, 0.717) is 22.6 Å². The van der Waals surface area contributed by atoms with Gasteiger partial charge in [0.1, 0.15) is 17.6 Å². The van der Waals surface area contributed by atoms with Crippen molar-refractivity contribution in [3.63, 3.8) is 0 Å². The van der Waals surface area contributed by atoms with Crippen molar-refractivity contribution in [2.24, 2.45) is 17.3 Å². The smallest absolute Gasteiger partial charge is 0.333 e. The molecule has 0 bridgehead atoms. The highest BCUT2D eigenvalue weighted by Gasteiger charge is 2.62. The van der Waals surface area contributed by atoms with Gasteiger partial charge < -0.3 is 14.2 Å². The van der Waals surface area contributed by atoms with Crippen molar-refractivity contribution in [2.45, 2.75) is 53.2 Å². The largest absolute Gasteiger partial charge is 0.459 e. The highest BCUT2D eigenvalue weighted by molar-refractivity contribution is 5.88. The van der Waals surface area contributed by atoms with E-state index in [9.17, 15) is 14.9 Å². The molecule has 1 aliphatic carbocycles. The van der Waals surface area contributed by atoms with Gasteiger partial charge in [0, 0.05) is 11.1 Å². The zero-order valence-electron chi connectivity index (χ0n) is 20.3. The van der Waals surface area contributed by atoms with Crippen molar-refractivity contribution in [3.05, 3.63) is 71.8 Å². The number of para-hydroxylation sites is 1. The maximum Gasteiger partial charge on any atom is 0.333 e. The van der Waals surface area contributed by atoms with Crippen LogP contribution in [0.1, 0.15) is 52.7 Å². The van der Waals surface area contributed by atoms with Gasteiger partial charge in [-0.1, -0.05) is 57.2 Å². The molecule has 4 atom stereocenters. The summed E-state index contributed by atoms with van der Waals surface area (Å²) in [4.78, 5) is 25.2. The summed E-state index contributed by atoms with van der Waals surface area (Å²) in [5.74, 6) is -0.246. The van der Waals surface area contributed by atoms with Crippen molar-refractivity contribution in [3.8, 4) is 17.6 Å². The first kappa shape index (κ1) is 25.0. The number of hydrogen-bond acceptors (Lipinski definition) is 6. The lowest BCUT2D eigenvalue weighted by Crippen LogP contribution is -2.15. The van der Waals surface area contributed by atoms with Crippen molar-refractivity contribution in [1.82, 2.24) is 0 Å². The van der Waals surface area contributed by atoms with Crippen molar-refractivity contribution in [1.29, 1.82) is 5.26 Å². The molecule has 0 heterocycles. The summed E-state index contributed by atoms with van der Waals surface area (Å²) in [7, 11) is 0. The lowest BCUT2D eigenvalue weighted by Gasteiger charge is -2.13. The van der Waals surface area contributed by atoms with Crippen LogP contribution in [0.15, 0.2) is 66.2 Å². The Morgan fingerprint density at radius 3 is 2.41 bits per heavy atom. The molecule has 0 spiro atoms. The number of rotatable bonds is 9. The number of nitriles is 1. The molecule has 6 nitrogen and oxygen atoms in total. The maximum absolute atomic E-state index is 13.0. The topological polar surface area (TPSA) is 85.6 Å². The summed E-state index contributed by atoms with van der Waals surface area (Å²) in [5.41, 5.74) is 0.618. The van der Waals surface area contributed by atoms with E-state index in [0.717, 1.165) is 6.42 Å². The summed E-state index contributed by atoms with van der Waals surface area (Å²) in [6, 6.07) is 18.3. The molecule has 1 saturated carbocycles. The molecule has 0 saturated heterocycles. The number of carbonyl (C=O) groups excluding carboxylic acids is 2. The Morgan fingerprint density at radius 1 is 1.09 bits per heavy atom. The Labute approximate surface area is 201 Å². The number of benzene rings is 2. The summed E-state index contributed by atoms with van der Waals surface area (Å²) >= 11 is 0. The van der Waals surface area contributed by atoms with Crippen LogP contribution in [0.5, 0.6) is 11.5 Å². The molecule has 3 rings (SSSR count). The molecule has 4 unspecified atom stereocenters. The molecule has 1 aliphatic rings. The zero-order valence-corrected chi connectivity index (χ0v) is 20.3. The van der Waals surface area contributed by atoms with Gasteiger partial charge in [0.25, 0.3) is 0 Å².